The van der Waals surface area contributed by atoms with Crippen LogP contribution in [-0.2, 0) is 25.7 Å². The molecule has 1 aromatic carbocycles. The van der Waals surface area contributed by atoms with Crippen LogP contribution in [0.4, 0.5) is 0 Å². The van der Waals surface area contributed by atoms with Gasteiger partial charge in [0.1, 0.15) is 12.6 Å². The first-order chi connectivity index (χ1) is 10.6. The van der Waals surface area contributed by atoms with Crippen molar-refractivity contribution < 1.29 is 19.1 Å². The van der Waals surface area contributed by atoms with Gasteiger partial charge in [-0.25, -0.2) is 4.79 Å². The zero-order chi connectivity index (χ0) is 15.7. The normalized spacial score (nSPS) is 24.4. The molecular weight excluding hydrogens is 304 g/mol. The topological polar surface area (TPSA) is 66.9 Å². The van der Waals surface area contributed by atoms with E-state index in [0.29, 0.717) is 12.3 Å². The van der Waals surface area contributed by atoms with Gasteiger partial charge in [0, 0.05) is 12.3 Å². The number of amides is 2. The lowest BCUT2D eigenvalue weighted by atomic mass is 10.1. The van der Waals surface area contributed by atoms with Crippen LogP contribution in [-0.4, -0.2) is 58.4 Å². The highest BCUT2D eigenvalue weighted by Gasteiger charge is 2.50. The van der Waals surface area contributed by atoms with E-state index in [1.807, 2.05) is 30.3 Å². The Kier molecular flexibility index (Phi) is 4.06. The van der Waals surface area contributed by atoms with E-state index in [9.17, 15) is 14.4 Å². The molecule has 2 saturated heterocycles. The van der Waals surface area contributed by atoms with Gasteiger partial charge in [0.2, 0.25) is 11.8 Å². The van der Waals surface area contributed by atoms with Crippen LogP contribution in [0, 0.1) is 0 Å². The van der Waals surface area contributed by atoms with E-state index >= 15 is 0 Å². The summed E-state index contributed by atoms with van der Waals surface area (Å²) in [6.45, 7) is 0.404. The number of fused-ring (bicyclic) bond motifs is 1. The number of nitrogens with zero attached hydrogens (tertiary/aromatic N) is 2. The molecule has 2 amide bonds. The van der Waals surface area contributed by atoms with Crippen LogP contribution >= 0.6 is 11.8 Å². The predicted octanol–water partition coefficient (Wildman–Crippen LogP) is 0.472. The number of benzene rings is 1. The molecule has 2 atom stereocenters. The average Bonchev–Trinajstić information content (AvgIpc) is 2.98. The van der Waals surface area contributed by atoms with Gasteiger partial charge in [-0.1, -0.05) is 30.3 Å². The Labute approximate surface area is 132 Å². The molecule has 0 N–H and O–H groups in total. The molecule has 0 bridgehead atoms. The molecule has 6 nitrogen and oxygen atoms in total. The fourth-order valence-corrected chi connectivity index (χ4v) is 4.08. The van der Waals surface area contributed by atoms with Gasteiger partial charge in [0.15, 0.2) is 5.37 Å². The minimum atomic E-state index is -0.703. The highest BCUT2D eigenvalue weighted by molar-refractivity contribution is 8.00. The van der Waals surface area contributed by atoms with Crippen molar-refractivity contribution in [2.24, 2.45) is 0 Å². The zero-order valence-electron chi connectivity index (χ0n) is 12.1. The molecule has 22 heavy (non-hydrogen) atoms. The van der Waals surface area contributed by atoms with Crippen molar-refractivity contribution in [3.8, 4) is 0 Å². The summed E-state index contributed by atoms with van der Waals surface area (Å²) >= 11 is 1.28. The van der Waals surface area contributed by atoms with Gasteiger partial charge in [-0.2, -0.15) is 0 Å². The van der Waals surface area contributed by atoms with Crippen molar-refractivity contribution in [2.45, 2.75) is 18.0 Å². The highest BCUT2D eigenvalue weighted by Crippen LogP contribution is 2.33. The van der Waals surface area contributed by atoms with E-state index in [4.69, 9.17) is 4.74 Å². The summed E-state index contributed by atoms with van der Waals surface area (Å²) in [5.74, 6) is -0.372. The molecule has 2 aliphatic heterocycles. The van der Waals surface area contributed by atoms with Gasteiger partial charge in [-0.15, -0.1) is 11.8 Å². The molecule has 0 aliphatic carbocycles. The van der Waals surface area contributed by atoms with Crippen LogP contribution in [0.25, 0.3) is 0 Å². The first-order valence-electron chi connectivity index (χ1n) is 6.95. The Hall–Kier alpha value is -2.02. The van der Waals surface area contributed by atoms with E-state index in [2.05, 4.69) is 0 Å². The number of hydrogen-bond acceptors (Lipinski definition) is 5. The summed E-state index contributed by atoms with van der Waals surface area (Å²) in [4.78, 5) is 39.6. The van der Waals surface area contributed by atoms with Gasteiger partial charge in [0.05, 0.1) is 7.11 Å². The minimum Gasteiger partial charge on any atom is -0.467 e. The lowest BCUT2D eigenvalue weighted by Gasteiger charge is -2.37. The van der Waals surface area contributed by atoms with Crippen molar-refractivity contribution in [2.75, 3.05) is 19.4 Å². The Morgan fingerprint density at radius 1 is 1.32 bits per heavy atom. The van der Waals surface area contributed by atoms with Crippen LogP contribution < -0.4 is 0 Å². The fourth-order valence-electron chi connectivity index (χ4n) is 2.75. The summed E-state index contributed by atoms with van der Waals surface area (Å²) in [5, 5.41) is -0.703. The van der Waals surface area contributed by atoms with Crippen molar-refractivity contribution in [3.63, 3.8) is 0 Å². The second-order valence-corrected chi connectivity index (χ2v) is 6.32. The average molecular weight is 320 g/mol. The van der Waals surface area contributed by atoms with Crippen LogP contribution in [0.1, 0.15) is 5.56 Å². The monoisotopic (exact) mass is 320 g/mol. The van der Waals surface area contributed by atoms with Crippen LogP contribution in [0.5, 0.6) is 0 Å². The molecule has 1 aromatic rings. The molecule has 0 aromatic heterocycles. The SMILES string of the molecule is COC(=O)[C@@H]1SC[C@@H]2C(=O)N(Cc3ccccc3)CC(=O)N21. The molecule has 2 aliphatic rings. The Morgan fingerprint density at radius 3 is 2.73 bits per heavy atom. The van der Waals surface area contributed by atoms with Crippen molar-refractivity contribution in [3.05, 3.63) is 35.9 Å². The van der Waals surface area contributed by atoms with Crippen LogP contribution in [0.2, 0.25) is 0 Å². The van der Waals surface area contributed by atoms with Gasteiger partial charge in [-0.05, 0) is 5.56 Å². The number of carbonyl (C=O) groups excluding carboxylic acids is 3. The Bertz CT molecular complexity index is 607. The maximum atomic E-state index is 12.6. The van der Waals surface area contributed by atoms with Crippen molar-refractivity contribution in [1.82, 2.24) is 9.80 Å². The third kappa shape index (κ3) is 2.56. The fraction of sp³-hybridized carbons (Fsp3) is 0.400. The molecule has 2 fully saturated rings. The summed E-state index contributed by atoms with van der Waals surface area (Å²) in [5.41, 5.74) is 0.979. The van der Waals surface area contributed by atoms with Crippen molar-refractivity contribution >= 4 is 29.5 Å². The molecule has 7 heteroatoms. The second kappa shape index (κ2) is 6.00. The maximum absolute atomic E-state index is 12.6. The third-order valence-electron chi connectivity index (χ3n) is 3.83. The van der Waals surface area contributed by atoms with E-state index in [1.54, 1.807) is 4.90 Å². The number of hydrogen-bond donors (Lipinski definition) is 0. The lowest BCUT2D eigenvalue weighted by molar-refractivity contribution is -0.160. The zero-order valence-corrected chi connectivity index (χ0v) is 12.9. The van der Waals surface area contributed by atoms with Crippen molar-refractivity contribution in [1.29, 1.82) is 0 Å². The summed E-state index contributed by atoms with van der Waals surface area (Å²) in [6.07, 6.45) is 0. The first kappa shape index (κ1) is 14.9. The van der Waals surface area contributed by atoms with Gasteiger partial charge >= 0.3 is 5.97 Å². The highest BCUT2D eigenvalue weighted by atomic mass is 32.2. The Balaban J connectivity index is 1.77. The molecule has 0 unspecified atom stereocenters. The van der Waals surface area contributed by atoms with Crippen LogP contribution in [0.15, 0.2) is 30.3 Å². The largest absolute Gasteiger partial charge is 0.467 e. The third-order valence-corrected chi connectivity index (χ3v) is 5.07. The maximum Gasteiger partial charge on any atom is 0.339 e. The smallest absolute Gasteiger partial charge is 0.339 e. The quantitative estimate of drug-likeness (QED) is 0.758. The molecule has 3 rings (SSSR count). The number of ether oxygens (including phenoxy) is 1. The number of carbonyl (C=O) groups is 3. The standard InChI is InChI=1S/C15H16N2O4S/c1-21-15(20)14-17-11(9-22-14)13(19)16(8-12(17)18)7-10-5-3-2-4-6-10/h2-6,11,14H,7-9H2,1H3/t11-,14+/m1/s1. The summed E-state index contributed by atoms with van der Waals surface area (Å²) in [6, 6.07) is 8.98. The molecule has 0 radical (unpaired) electrons. The summed E-state index contributed by atoms with van der Waals surface area (Å²) in [7, 11) is 1.29. The molecule has 0 spiro atoms. The number of rotatable bonds is 3. The van der Waals surface area contributed by atoms with E-state index in [0.717, 1.165) is 5.56 Å². The molecule has 2 heterocycles. The second-order valence-electron chi connectivity index (χ2n) is 5.21. The predicted molar refractivity (Wildman–Crippen MR) is 80.8 cm³/mol. The molecule has 116 valence electrons. The summed E-state index contributed by atoms with van der Waals surface area (Å²) < 4.78 is 4.71. The molecular formula is C15H16N2O4S. The molecule has 0 saturated carbocycles. The van der Waals surface area contributed by atoms with Gasteiger partial charge < -0.3 is 14.5 Å². The van der Waals surface area contributed by atoms with E-state index in [1.165, 1.54) is 23.8 Å². The number of esters is 1. The Morgan fingerprint density at radius 2 is 2.05 bits per heavy atom. The van der Waals surface area contributed by atoms with E-state index in [-0.39, 0.29) is 18.4 Å². The van der Waals surface area contributed by atoms with Gasteiger partial charge in [0.25, 0.3) is 0 Å². The first-order valence-corrected chi connectivity index (χ1v) is 8.00. The number of methoxy groups -OCH3 is 1. The van der Waals surface area contributed by atoms with Gasteiger partial charge in [-0.3, -0.25) is 9.59 Å². The lowest BCUT2D eigenvalue weighted by Crippen LogP contribution is -2.60. The number of piperazine rings is 1. The van der Waals surface area contributed by atoms with E-state index < -0.39 is 17.4 Å². The number of thioether (sulfide) groups is 1. The minimum absolute atomic E-state index is 0.00170. The van der Waals surface area contributed by atoms with Crippen LogP contribution in [0.3, 0.4) is 0 Å².